The van der Waals surface area contributed by atoms with Crippen LogP contribution in [0.3, 0.4) is 0 Å². The lowest BCUT2D eigenvalue weighted by molar-refractivity contribution is 0.416. The number of fused-ring (bicyclic) bond motifs is 1. The minimum absolute atomic E-state index is 0.299. The molecule has 0 spiro atoms. The maximum absolute atomic E-state index is 5.64. The van der Waals surface area contributed by atoms with E-state index in [1.54, 1.807) is 7.11 Å². The summed E-state index contributed by atoms with van der Waals surface area (Å²) >= 11 is 0. The van der Waals surface area contributed by atoms with Gasteiger partial charge >= 0.3 is 0 Å². The Labute approximate surface area is 166 Å². The van der Waals surface area contributed by atoms with Crippen molar-refractivity contribution < 1.29 is 4.74 Å². The van der Waals surface area contributed by atoms with Crippen molar-refractivity contribution in [1.82, 2.24) is 5.32 Å². The maximum Gasteiger partial charge on any atom is 0.126 e. The second-order valence-corrected chi connectivity index (χ2v) is 7.11. The first kappa shape index (κ1) is 18.3. The highest BCUT2D eigenvalue weighted by Crippen LogP contribution is 2.33. The molecule has 0 radical (unpaired) electrons. The van der Waals surface area contributed by atoms with E-state index in [9.17, 15) is 0 Å². The molecule has 0 unspecified atom stereocenters. The summed E-state index contributed by atoms with van der Waals surface area (Å²) in [6, 6.07) is 32.3. The molecule has 0 fully saturated rings. The summed E-state index contributed by atoms with van der Waals surface area (Å²) < 4.78 is 5.64. The molecule has 1 N–H and O–H groups in total. The molecule has 4 aromatic carbocycles. The van der Waals surface area contributed by atoms with E-state index in [2.05, 4.69) is 103 Å². The molecule has 140 valence electrons. The standard InChI is InChI=1S/C26H25NO/c1-19(21-8-4-3-5-9-21)27-18-20-12-15-26(28-2)25(16-20)24-14-13-22-10-6-7-11-23(22)17-24/h3-17,19,27H,18H2,1-2H3/t19-/m1/s1. The minimum atomic E-state index is 0.299. The molecule has 2 nitrogen and oxygen atoms in total. The summed E-state index contributed by atoms with van der Waals surface area (Å²) in [4.78, 5) is 0. The van der Waals surface area contributed by atoms with E-state index in [1.165, 1.54) is 27.5 Å². The zero-order valence-corrected chi connectivity index (χ0v) is 16.4. The number of rotatable bonds is 6. The Hall–Kier alpha value is -3.10. The third-order valence-electron chi connectivity index (χ3n) is 5.24. The predicted molar refractivity (Wildman–Crippen MR) is 118 cm³/mol. The average molecular weight is 367 g/mol. The van der Waals surface area contributed by atoms with Crippen molar-refractivity contribution in [2.45, 2.75) is 19.5 Å². The molecule has 0 saturated heterocycles. The van der Waals surface area contributed by atoms with Crippen LogP contribution in [0.15, 0.2) is 91.0 Å². The van der Waals surface area contributed by atoms with Gasteiger partial charge in [-0.15, -0.1) is 0 Å². The highest BCUT2D eigenvalue weighted by atomic mass is 16.5. The van der Waals surface area contributed by atoms with Gasteiger partial charge in [-0.25, -0.2) is 0 Å². The predicted octanol–water partition coefficient (Wildman–Crippen LogP) is 6.37. The average Bonchev–Trinajstić information content (AvgIpc) is 2.77. The quantitative estimate of drug-likeness (QED) is 0.428. The van der Waals surface area contributed by atoms with Crippen molar-refractivity contribution in [2.24, 2.45) is 0 Å². The number of hydrogen-bond acceptors (Lipinski definition) is 2. The number of benzene rings is 4. The molecule has 0 amide bonds. The topological polar surface area (TPSA) is 21.3 Å². The smallest absolute Gasteiger partial charge is 0.126 e. The Morgan fingerprint density at radius 3 is 2.32 bits per heavy atom. The zero-order valence-electron chi connectivity index (χ0n) is 16.4. The molecule has 1 atom stereocenters. The highest BCUT2D eigenvalue weighted by molar-refractivity contribution is 5.88. The Balaban J connectivity index is 1.60. The highest BCUT2D eigenvalue weighted by Gasteiger charge is 2.10. The molecule has 28 heavy (non-hydrogen) atoms. The van der Waals surface area contributed by atoms with Gasteiger partial charge in [-0.3, -0.25) is 0 Å². The van der Waals surface area contributed by atoms with Crippen LogP contribution in [0.1, 0.15) is 24.1 Å². The summed E-state index contributed by atoms with van der Waals surface area (Å²) in [5.41, 5.74) is 4.84. The maximum atomic E-state index is 5.64. The van der Waals surface area contributed by atoms with Crippen LogP contribution in [0.2, 0.25) is 0 Å². The van der Waals surface area contributed by atoms with Gasteiger partial charge in [0.15, 0.2) is 0 Å². The van der Waals surface area contributed by atoms with Crippen LogP contribution in [0.25, 0.3) is 21.9 Å². The number of nitrogens with one attached hydrogen (secondary N) is 1. The number of hydrogen-bond donors (Lipinski definition) is 1. The van der Waals surface area contributed by atoms with Crippen molar-refractivity contribution in [2.75, 3.05) is 7.11 Å². The van der Waals surface area contributed by atoms with Crippen molar-refractivity contribution in [3.63, 3.8) is 0 Å². The fourth-order valence-corrected chi connectivity index (χ4v) is 3.58. The summed E-state index contributed by atoms with van der Waals surface area (Å²) in [7, 11) is 1.73. The van der Waals surface area contributed by atoms with Crippen LogP contribution in [0, 0.1) is 0 Å². The largest absolute Gasteiger partial charge is 0.496 e. The first-order valence-corrected chi connectivity index (χ1v) is 9.69. The fourth-order valence-electron chi connectivity index (χ4n) is 3.58. The Morgan fingerprint density at radius 2 is 1.54 bits per heavy atom. The van der Waals surface area contributed by atoms with Crippen molar-refractivity contribution in [3.05, 3.63) is 102 Å². The van der Waals surface area contributed by atoms with Crippen molar-refractivity contribution >= 4 is 10.8 Å². The molecule has 0 aliphatic rings. The van der Waals surface area contributed by atoms with Gasteiger partial charge in [-0.1, -0.05) is 72.8 Å². The number of methoxy groups -OCH3 is 1. The molecular formula is C26H25NO. The first-order valence-electron chi connectivity index (χ1n) is 9.69. The van der Waals surface area contributed by atoms with Gasteiger partial charge in [0.25, 0.3) is 0 Å². The van der Waals surface area contributed by atoms with Crippen LogP contribution in [-0.2, 0) is 6.54 Å². The lowest BCUT2D eigenvalue weighted by Gasteiger charge is -2.16. The molecular weight excluding hydrogens is 342 g/mol. The molecule has 0 saturated carbocycles. The lowest BCUT2D eigenvalue weighted by atomic mass is 9.98. The van der Waals surface area contributed by atoms with Crippen LogP contribution in [-0.4, -0.2) is 7.11 Å². The molecule has 0 bridgehead atoms. The summed E-state index contributed by atoms with van der Waals surface area (Å²) in [6.45, 7) is 3.00. The summed E-state index contributed by atoms with van der Waals surface area (Å²) in [5.74, 6) is 0.898. The van der Waals surface area contributed by atoms with Crippen LogP contribution in [0.5, 0.6) is 5.75 Å². The molecule has 0 aliphatic carbocycles. The van der Waals surface area contributed by atoms with E-state index < -0.39 is 0 Å². The van der Waals surface area contributed by atoms with Crippen LogP contribution in [0.4, 0.5) is 0 Å². The molecule has 4 aromatic rings. The Kier molecular flexibility index (Phi) is 5.41. The fraction of sp³-hybridized carbons (Fsp3) is 0.154. The van der Waals surface area contributed by atoms with Crippen LogP contribution >= 0.6 is 0 Å². The van der Waals surface area contributed by atoms with Crippen molar-refractivity contribution in [1.29, 1.82) is 0 Å². The lowest BCUT2D eigenvalue weighted by Crippen LogP contribution is -2.18. The Morgan fingerprint density at radius 1 is 0.786 bits per heavy atom. The van der Waals surface area contributed by atoms with Gasteiger partial charge in [0.05, 0.1) is 7.11 Å². The Bertz CT molecular complexity index is 1070. The summed E-state index contributed by atoms with van der Waals surface area (Å²) in [5, 5.41) is 6.11. The van der Waals surface area contributed by atoms with Crippen molar-refractivity contribution in [3.8, 4) is 16.9 Å². The van der Waals surface area contributed by atoms with Gasteiger partial charge in [0.2, 0.25) is 0 Å². The van der Waals surface area contributed by atoms with Gasteiger partial charge < -0.3 is 10.1 Å². The van der Waals surface area contributed by atoms with E-state index in [-0.39, 0.29) is 0 Å². The molecule has 0 aromatic heterocycles. The van der Waals surface area contributed by atoms with Gasteiger partial charge in [0.1, 0.15) is 5.75 Å². The third kappa shape index (κ3) is 3.92. The van der Waals surface area contributed by atoms with E-state index in [0.29, 0.717) is 6.04 Å². The van der Waals surface area contributed by atoms with E-state index in [1.807, 2.05) is 0 Å². The SMILES string of the molecule is COc1ccc(CN[C@H](C)c2ccccc2)cc1-c1ccc2ccccc2c1. The van der Waals surface area contributed by atoms with Gasteiger partial charge in [-0.2, -0.15) is 0 Å². The molecule has 2 heteroatoms. The molecule has 4 rings (SSSR count). The second kappa shape index (κ2) is 8.28. The molecule has 0 heterocycles. The van der Waals surface area contributed by atoms with E-state index in [4.69, 9.17) is 4.74 Å². The van der Waals surface area contributed by atoms with E-state index in [0.717, 1.165) is 17.9 Å². The third-order valence-corrected chi connectivity index (χ3v) is 5.24. The second-order valence-electron chi connectivity index (χ2n) is 7.11. The monoisotopic (exact) mass is 367 g/mol. The zero-order chi connectivity index (χ0) is 19.3. The normalized spacial score (nSPS) is 12.1. The van der Waals surface area contributed by atoms with Crippen LogP contribution < -0.4 is 10.1 Å². The number of ether oxygens (including phenoxy) is 1. The summed E-state index contributed by atoms with van der Waals surface area (Å²) in [6.07, 6.45) is 0. The van der Waals surface area contributed by atoms with Gasteiger partial charge in [-0.05, 0) is 52.6 Å². The van der Waals surface area contributed by atoms with Gasteiger partial charge in [0, 0.05) is 18.2 Å². The van der Waals surface area contributed by atoms with E-state index >= 15 is 0 Å². The first-order chi connectivity index (χ1) is 13.7. The molecule has 0 aliphatic heterocycles. The minimum Gasteiger partial charge on any atom is -0.496 e.